The topological polar surface area (TPSA) is 172 Å². The van der Waals surface area contributed by atoms with Gasteiger partial charge in [0.2, 0.25) is 11.6 Å². The molecule has 0 atom stereocenters. The number of halogens is 3. The molecule has 0 aliphatic heterocycles. The highest BCUT2D eigenvalue weighted by atomic mass is 19.2. The number of nitrogens with zero attached hydrogens (tertiary/aromatic N) is 12. The van der Waals surface area contributed by atoms with Crippen molar-refractivity contribution >= 4 is 23.1 Å². The highest BCUT2D eigenvalue weighted by Gasteiger charge is 2.33. The van der Waals surface area contributed by atoms with Gasteiger partial charge in [-0.1, -0.05) is 19.5 Å². The Morgan fingerprint density at radius 3 is 1.76 bits per heavy atom. The van der Waals surface area contributed by atoms with Gasteiger partial charge < -0.3 is 0 Å². The number of carbonyl (C=O) groups excluding carboxylic acids is 2. The summed E-state index contributed by atoms with van der Waals surface area (Å²) in [6, 6.07) is 4.55. The number of aromatic nitrogens is 12. The first-order valence-corrected chi connectivity index (χ1v) is 10.6. The largest absolute Gasteiger partial charge is 0.292 e. The van der Waals surface area contributed by atoms with Crippen molar-refractivity contribution in [2.24, 2.45) is 0 Å². The molecule has 6 aromatic rings. The van der Waals surface area contributed by atoms with Gasteiger partial charge in [-0.15, -0.1) is 10.2 Å². The number of hydrogen-bond donors (Lipinski definition) is 0. The zero-order valence-corrected chi connectivity index (χ0v) is 18.6. The van der Waals surface area contributed by atoms with Crippen LogP contribution in [0.25, 0.3) is 34.1 Å². The first-order valence-electron chi connectivity index (χ1n) is 10.6. The van der Waals surface area contributed by atoms with E-state index in [1.807, 2.05) is 0 Å². The quantitative estimate of drug-likeness (QED) is 0.280. The van der Waals surface area contributed by atoms with Crippen molar-refractivity contribution in [3.8, 4) is 22.5 Å². The third-order valence-corrected chi connectivity index (χ3v) is 5.93. The molecular weight excluding hydrogens is 509 g/mol. The van der Waals surface area contributed by atoms with E-state index in [-0.39, 0.29) is 51.1 Å². The molecule has 38 heavy (non-hydrogen) atoms. The molecule has 2 aliphatic carbocycles. The Labute approximate surface area is 206 Å². The second-order valence-electron chi connectivity index (χ2n) is 8.17. The summed E-state index contributed by atoms with van der Waals surface area (Å²) in [5.41, 5.74) is 2.14. The third kappa shape index (κ3) is 2.95. The van der Waals surface area contributed by atoms with Crippen molar-refractivity contribution in [3.05, 3.63) is 69.8 Å². The zero-order chi connectivity index (χ0) is 26.3. The van der Waals surface area contributed by atoms with E-state index >= 15 is 0 Å². The fourth-order valence-electron chi connectivity index (χ4n) is 4.14. The zero-order valence-electron chi connectivity index (χ0n) is 18.6. The highest BCUT2D eigenvalue weighted by molar-refractivity contribution is 6.20. The molecule has 0 fully saturated rings. The predicted octanol–water partition coefficient (Wildman–Crippen LogP) is 0.977. The van der Waals surface area contributed by atoms with Gasteiger partial charge in [-0.05, 0) is 57.6 Å². The number of hydrogen-bond acceptors (Lipinski definition) is 12. The van der Waals surface area contributed by atoms with Crippen molar-refractivity contribution in [1.82, 2.24) is 60.5 Å². The number of aryl methyl sites for hydroxylation is 1. The summed E-state index contributed by atoms with van der Waals surface area (Å²) in [4.78, 5) is 32.3. The van der Waals surface area contributed by atoms with Crippen LogP contribution < -0.4 is 0 Å². The highest BCUT2D eigenvalue weighted by Crippen LogP contribution is 2.36. The molecule has 0 spiro atoms. The molecule has 0 N–H and O–H groups in total. The Kier molecular flexibility index (Phi) is 4.24. The average Bonchev–Trinajstić information content (AvgIpc) is 3.66. The van der Waals surface area contributed by atoms with Crippen LogP contribution in [0, 0.1) is 24.4 Å². The van der Waals surface area contributed by atoms with Crippen LogP contribution in [0.2, 0.25) is 0 Å². The van der Waals surface area contributed by atoms with E-state index in [1.165, 1.54) is 6.07 Å². The van der Waals surface area contributed by atoms with Gasteiger partial charge in [0.1, 0.15) is 22.9 Å². The first kappa shape index (κ1) is 21.7. The lowest BCUT2D eigenvalue weighted by atomic mass is 10.1. The minimum absolute atomic E-state index is 0.0233. The van der Waals surface area contributed by atoms with E-state index in [1.54, 1.807) is 13.0 Å². The summed E-state index contributed by atoms with van der Waals surface area (Å²) in [7, 11) is 0. The van der Waals surface area contributed by atoms with E-state index in [9.17, 15) is 22.8 Å². The lowest BCUT2D eigenvalue weighted by Gasteiger charge is -2.01. The molecular formula is C21H7F3N12O2. The Morgan fingerprint density at radius 1 is 0.605 bits per heavy atom. The normalized spacial score (nSPS) is 12.8. The molecule has 2 aromatic carbocycles. The fraction of sp³-hybridized carbons (Fsp3) is 0.0476. The van der Waals surface area contributed by atoms with Crippen LogP contribution in [0.3, 0.4) is 0 Å². The monoisotopic (exact) mass is 516 g/mol. The molecule has 0 saturated carbocycles. The van der Waals surface area contributed by atoms with Gasteiger partial charge >= 0.3 is 0 Å². The molecule has 184 valence electrons. The van der Waals surface area contributed by atoms with E-state index in [2.05, 4.69) is 51.2 Å². The van der Waals surface area contributed by atoms with Crippen molar-refractivity contribution < 1.29 is 22.8 Å². The summed E-state index contributed by atoms with van der Waals surface area (Å²) in [5.74, 6) is -3.26. The van der Waals surface area contributed by atoms with Crippen LogP contribution in [-0.4, -0.2) is 72.0 Å². The van der Waals surface area contributed by atoms with Crippen molar-refractivity contribution in [3.63, 3.8) is 0 Å². The van der Waals surface area contributed by atoms with E-state index in [4.69, 9.17) is 0 Å². The number of tetrazole rings is 2. The van der Waals surface area contributed by atoms with Gasteiger partial charge in [0.15, 0.2) is 17.3 Å². The molecule has 0 radical (unpaired) electrons. The predicted molar refractivity (Wildman–Crippen MR) is 115 cm³/mol. The molecule has 2 aliphatic rings. The van der Waals surface area contributed by atoms with E-state index in [0.29, 0.717) is 16.8 Å². The second-order valence-corrected chi connectivity index (χ2v) is 8.17. The minimum Gasteiger partial charge on any atom is -0.287 e. The van der Waals surface area contributed by atoms with Gasteiger partial charge in [0.25, 0.3) is 11.6 Å². The van der Waals surface area contributed by atoms with Crippen molar-refractivity contribution in [1.29, 1.82) is 0 Å². The lowest BCUT2D eigenvalue weighted by Crippen LogP contribution is -2.06. The molecule has 0 amide bonds. The van der Waals surface area contributed by atoms with Crippen molar-refractivity contribution in [2.75, 3.05) is 0 Å². The van der Waals surface area contributed by atoms with Gasteiger partial charge in [-0.3, -0.25) is 9.59 Å². The molecule has 4 heterocycles. The maximum atomic E-state index is 13.6. The Bertz CT molecular complexity index is 1890. The average molecular weight is 516 g/mol. The third-order valence-electron chi connectivity index (χ3n) is 5.93. The van der Waals surface area contributed by atoms with Crippen LogP contribution >= 0.6 is 0 Å². The minimum atomic E-state index is -1.09. The molecule has 17 heteroatoms. The van der Waals surface area contributed by atoms with Gasteiger partial charge in [0, 0.05) is 22.3 Å². The SMILES string of the molecule is Cc1cc2c(cc1F)C(=O)c1nc3nnnn3nc1-2.O=C1c2cc(F)c(F)cc2-c2nc3nnnn3nc21. The van der Waals surface area contributed by atoms with Crippen LogP contribution in [0.1, 0.15) is 37.7 Å². The van der Waals surface area contributed by atoms with Gasteiger partial charge in [-0.2, -0.15) is 0 Å². The molecule has 0 unspecified atom stereocenters. The molecule has 14 nitrogen and oxygen atoms in total. The van der Waals surface area contributed by atoms with E-state index in [0.717, 1.165) is 21.4 Å². The Balaban J connectivity index is 0.000000127. The van der Waals surface area contributed by atoms with E-state index < -0.39 is 23.2 Å². The van der Waals surface area contributed by atoms with Crippen LogP contribution in [0.15, 0.2) is 24.3 Å². The number of carbonyl (C=O) groups is 2. The summed E-state index contributed by atoms with van der Waals surface area (Å²) in [6.45, 7) is 1.63. The number of fused-ring (bicyclic) bond motifs is 8. The van der Waals surface area contributed by atoms with Crippen molar-refractivity contribution in [2.45, 2.75) is 6.92 Å². The van der Waals surface area contributed by atoms with Crippen LogP contribution in [0.4, 0.5) is 13.2 Å². The molecule has 0 saturated heterocycles. The fourth-order valence-corrected chi connectivity index (χ4v) is 4.14. The smallest absolute Gasteiger partial charge is 0.287 e. The molecule has 8 rings (SSSR count). The van der Waals surface area contributed by atoms with Crippen LogP contribution in [-0.2, 0) is 0 Å². The standard InChI is InChI=1S/C11H5FN6O.C10H2F2N6O/c1-4-2-5-6(3-7(4)12)10(19)9-8(5)15-18-11(13-9)14-16-17-18;11-5-1-3-4(2-6(5)12)9(19)8-7(3)13-10-14-16-17-18(10)15-8/h2-3H,1H3;1-2H. The summed E-state index contributed by atoms with van der Waals surface area (Å²) >= 11 is 0. The summed E-state index contributed by atoms with van der Waals surface area (Å²) < 4.78 is 42.1. The number of ketones is 2. The first-order chi connectivity index (χ1) is 18.3. The summed E-state index contributed by atoms with van der Waals surface area (Å²) in [5, 5.41) is 29.2. The van der Waals surface area contributed by atoms with Gasteiger partial charge in [0.05, 0.1) is 0 Å². The molecule has 4 aromatic heterocycles. The lowest BCUT2D eigenvalue weighted by molar-refractivity contribution is 0.103. The number of benzene rings is 2. The maximum absolute atomic E-state index is 13.6. The summed E-state index contributed by atoms with van der Waals surface area (Å²) in [6.07, 6.45) is 0. The maximum Gasteiger partial charge on any atom is 0.292 e. The Morgan fingerprint density at radius 2 is 1.11 bits per heavy atom. The number of rotatable bonds is 0. The Hall–Kier alpha value is -5.61. The molecule has 0 bridgehead atoms. The van der Waals surface area contributed by atoms with Gasteiger partial charge in [-0.25, -0.2) is 23.1 Å². The van der Waals surface area contributed by atoms with Crippen LogP contribution in [0.5, 0.6) is 0 Å². The second kappa shape index (κ2) is 7.45.